The summed E-state index contributed by atoms with van der Waals surface area (Å²) in [6.45, 7) is 4.47. The van der Waals surface area contributed by atoms with E-state index in [1.54, 1.807) is 31.3 Å². The van der Waals surface area contributed by atoms with Crippen LogP contribution in [0.3, 0.4) is 0 Å². The third-order valence-corrected chi connectivity index (χ3v) is 6.47. The molecule has 0 bridgehead atoms. The van der Waals surface area contributed by atoms with E-state index < -0.39 is 16.1 Å². The fraction of sp³-hybridized carbons (Fsp3) is 0.375. The highest BCUT2D eigenvalue weighted by Crippen LogP contribution is 2.23. The lowest BCUT2D eigenvalue weighted by atomic mass is 10.2. The van der Waals surface area contributed by atoms with Crippen LogP contribution < -0.4 is 13.8 Å². The number of anilines is 1. The molecule has 0 aliphatic carbocycles. The molecule has 10 nitrogen and oxygen atoms in total. The number of nitrogens with zero attached hydrogens (tertiary/aromatic N) is 4. The first-order valence-electron chi connectivity index (χ1n) is 11.1. The number of aromatic nitrogens is 2. The average Bonchev–Trinajstić information content (AvgIpc) is 3.30. The van der Waals surface area contributed by atoms with E-state index in [2.05, 4.69) is 10.1 Å². The summed E-state index contributed by atoms with van der Waals surface area (Å²) in [5.41, 5.74) is 1.27. The van der Waals surface area contributed by atoms with Gasteiger partial charge < -0.3 is 18.9 Å². The van der Waals surface area contributed by atoms with E-state index >= 15 is 0 Å². The molecule has 1 aromatic heterocycles. The quantitative estimate of drug-likeness (QED) is 0.392. The number of carbonyl (C=O) groups excluding carboxylic acids is 1. The van der Waals surface area contributed by atoms with E-state index in [0.717, 1.165) is 17.6 Å². The van der Waals surface area contributed by atoms with E-state index in [1.807, 2.05) is 38.1 Å². The number of ether oxygens (including phenoxy) is 2. The Kier molecular flexibility index (Phi) is 8.34. The van der Waals surface area contributed by atoms with Gasteiger partial charge in [0.2, 0.25) is 21.7 Å². The molecule has 3 rings (SSSR count). The van der Waals surface area contributed by atoms with Crippen molar-refractivity contribution in [2.45, 2.75) is 32.9 Å². The zero-order valence-electron chi connectivity index (χ0n) is 20.5. The van der Waals surface area contributed by atoms with Gasteiger partial charge in [0.1, 0.15) is 11.5 Å². The predicted molar refractivity (Wildman–Crippen MR) is 132 cm³/mol. The minimum absolute atomic E-state index is 0.126. The number of amides is 1. The summed E-state index contributed by atoms with van der Waals surface area (Å²) in [6, 6.07) is 13.9. The zero-order chi connectivity index (χ0) is 25.6. The Morgan fingerprint density at radius 1 is 1.03 bits per heavy atom. The van der Waals surface area contributed by atoms with Crippen molar-refractivity contribution < 1.29 is 27.2 Å². The van der Waals surface area contributed by atoms with Crippen LogP contribution in [0.4, 0.5) is 5.69 Å². The van der Waals surface area contributed by atoms with Crippen molar-refractivity contribution >= 4 is 21.6 Å². The molecule has 1 unspecified atom stereocenters. The minimum Gasteiger partial charge on any atom is -0.494 e. The van der Waals surface area contributed by atoms with Gasteiger partial charge in [0.25, 0.3) is 5.91 Å². The van der Waals surface area contributed by atoms with Gasteiger partial charge in [0.15, 0.2) is 6.10 Å². The van der Waals surface area contributed by atoms with Crippen LogP contribution in [0.25, 0.3) is 11.4 Å². The van der Waals surface area contributed by atoms with Gasteiger partial charge in [-0.05, 0) is 61.9 Å². The van der Waals surface area contributed by atoms with Gasteiger partial charge in [0.05, 0.1) is 25.1 Å². The summed E-state index contributed by atoms with van der Waals surface area (Å²) >= 11 is 0. The monoisotopic (exact) mass is 502 g/mol. The molecule has 0 saturated heterocycles. The van der Waals surface area contributed by atoms with Crippen LogP contribution in [0.2, 0.25) is 0 Å². The Balaban J connectivity index is 1.62. The van der Waals surface area contributed by atoms with Crippen LogP contribution in [0, 0.1) is 0 Å². The molecule has 0 spiro atoms. The number of likely N-dealkylation sites (N-methyl/N-ethyl adjacent to an activating group) is 1. The number of sulfonamides is 1. The molecule has 35 heavy (non-hydrogen) atoms. The van der Waals surface area contributed by atoms with Crippen molar-refractivity contribution in [2.75, 3.05) is 31.3 Å². The molecule has 0 saturated carbocycles. The molecule has 2 aromatic carbocycles. The van der Waals surface area contributed by atoms with E-state index in [4.69, 9.17) is 14.0 Å². The molecular weight excluding hydrogens is 472 g/mol. The largest absolute Gasteiger partial charge is 0.494 e. The molecule has 3 aromatic rings. The van der Waals surface area contributed by atoms with Gasteiger partial charge in [0, 0.05) is 19.7 Å². The standard InChI is InChI=1S/C24H30N4O6S/c1-6-21(33-20-14-10-18(11-15-20)28(4)35(5,30)31)24(29)27(3)16-22-25-23(26-34-22)17-8-12-19(13-9-17)32-7-2/h8-15,21H,6-7,16H2,1-5H3. The average molecular weight is 503 g/mol. The maximum atomic E-state index is 13.0. The van der Waals surface area contributed by atoms with Crippen molar-refractivity contribution in [1.29, 1.82) is 0 Å². The summed E-state index contributed by atoms with van der Waals surface area (Å²) in [4.78, 5) is 18.8. The van der Waals surface area contributed by atoms with Crippen molar-refractivity contribution in [2.24, 2.45) is 0 Å². The van der Waals surface area contributed by atoms with Gasteiger partial charge in [-0.25, -0.2) is 8.42 Å². The Hall–Kier alpha value is -3.60. The van der Waals surface area contributed by atoms with Gasteiger partial charge >= 0.3 is 0 Å². The maximum absolute atomic E-state index is 13.0. The fourth-order valence-corrected chi connectivity index (χ4v) is 3.73. The molecule has 11 heteroatoms. The lowest BCUT2D eigenvalue weighted by Crippen LogP contribution is -2.39. The van der Waals surface area contributed by atoms with Crippen molar-refractivity contribution in [1.82, 2.24) is 15.0 Å². The molecule has 188 valence electrons. The third-order valence-electron chi connectivity index (χ3n) is 5.26. The maximum Gasteiger partial charge on any atom is 0.263 e. The fourth-order valence-electron chi connectivity index (χ4n) is 3.23. The zero-order valence-corrected chi connectivity index (χ0v) is 21.3. The topological polar surface area (TPSA) is 115 Å². The second-order valence-corrected chi connectivity index (χ2v) is 9.92. The molecular formula is C24H30N4O6S. The van der Waals surface area contributed by atoms with Crippen LogP contribution in [0.1, 0.15) is 26.2 Å². The first kappa shape index (κ1) is 26.0. The first-order chi connectivity index (χ1) is 16.6. The van der Waals surface area contributed by atoms with E-state index in [-0.39, 0.29) is 12.5 Å². The lowest BCUT2D eigenvalue weighted by Gasteiger charge is -2.23. The highest BCUT2D eigenvalue weighted by molar-refractivity contribution is 7.92. The molecule has 0 aliphatic rings. The summed E-state index contributed by atoms with van der Waals surface area (Å²) in [5.74, 6) is 1.69. The summed E-state index contributed by atoms with van der Waals surface area (Å²) in [7, 11) is -0.257. The van der Waals surface area contributed by atoms with Crippen molar-refractivity contribution in [3.8, 4) is 22.9 Å². The van der Waals surface area contributed by atoms with Gasteiger partial charge in [-0.2, -0.15) is 4.98 Å². The number of hydrogen-bond acceptors (Lipinski definition) is 8. The van der Waals surface area contributed by atoms with Crippen LogP contribution in [-0.2, 0) is 21.4 Å². The van der Waals surface area contributed by atoms with Crippen LogP contribution >= 0.6 is 0 Å². The van der Waals surface area contributed by atoms with E-state index in [9.17, 15) is 13.2 Å². The summed E-state index contributed by atoms with van der Waals surface area (Å²) in [6.07, 6.45) is 0.839. The minimum atomic E-state index is -3.37. The Labute approximate surface area is 205 Å². The normalized spacial score (nSPS) is 12.1. The highest BCUT2D eigenvalue weighted by atomic mass is 32.2. The molecule has 1 heterocycles. The number of benzene rings is 2. The smallest absolute Gasteiger partial charge is 0.263 e. The second kappa shape index (κ2) is 11.2. The first-order valence-corrected chi connectivity index (χ1v) is 13.0. The Morgan fingerprint density at radius 2 is 1.66 bits per heavy atom. The summed E-state index contributed by atoms with van der Waals surface area (Å²) in [5, 5.41) is 4.00. The van der Waals surface area contributed by atoms with Gasteiger partial charge in [-0.15, -0.1) is 0 Å². The number of rotatable bonds is 11. The second-order valence-electron chi connectivity index (χ2n) is 7.90. The molecule has 1 atom stereocenters. The summed E-state index contributed by atoms with van der Waals surface area (Å²) < 4.78 is 41.2. The van der Waals surface area contributed by atoms with E-state index in [1.165, 1.54) is 16.3 Å². The Morgan fingerprint density at radius 3 is 2.23 bits per heavy atom. The molecule has 0 fully saturated rings. The van der Waals surface area contributed by atoms with E-state index in [0.29, 0.717) is 36.2 Å². The lowest BCUT2D eigenvalue weighted by molar-refractivity contribution is -0.138. The SMILES string of the molecule is CCOc1ccc(-c2noc(CN(C)C(=O)C(CC)Oc3ccc(N(C)S(C)(=O)=O)cc3)n2)cc1. The number of carbonyl (C=O) groups is 1. The third kappa shape index (κ3) is 6.72. The van der Waals surface area contributed by atoms with Crippen LogP contribution in [0.15, 0.2) is 53.1 Å². The number of hydrogen-bond donors (Lipinski definition) is 0. The van der Waals surface area contributed by atoms with Gasteiger partial charge in [-0.1, -0.05) is 12.1 Å². The molecule has 0 aliphatic heterocycles. The highest BCUT2D eigenvalue weighted by Gasteiger charge is 2.24. The van der Waals surface area contributed by atoms with Gasteiger partial charge in [-0.3, -0.25) is 9.10 Å². The van der Waals surface area contributed by atoms with Crippen LogP contribution in [0.5, 0.6) is 11.5 Å². The molecule has 0 radical (unpaired) electrons. The Bertz CT molecular complexity index is 1230. The molecule has 1 amide bonds. The van der Waals surface area contributed by atoms with Crippen molar-refractivity contribution in [3.63, 3.8) is 0 Å². The predicted octanol–water partition coefficient (Wildman–Crippen LogP) is 3.35. The van der Waals surface area contributed by atoms with Crippen LogP contribution in [-0.4, -0.2) is 62.4 Å². The van der Waals surface area contributed by atoms with Crippen molar-refractivity contribution in [3.05, 3.63) is 54.4 Å². The molecule has 0 N–H and O–H groups in total.